The largest absolute Gasteiger partial charge is 0.327 e. The highest BCUT2D eigenvalue weighted by molar-refractivity contribution is 5.59. The van der Waals surface area contributed by atoms with Gasteiger partial charge in [-0.1, -0.05) is 24.3 Å². The van der Waals surface area contributed by atoms with Crippen molar-refractivity contribution in [3.05, 3.63) is 54.2 Å². The Kier molecular flexibility index (Phi) is 4.31. The van der Waals surface area contributed by atoms with Gasteiger partial charge in [0.05, 0.1) is 5.69 Å². The lowest BCUT2D eigenvalue weighted by molar-refractivity contribution is 0.788. The topological polar surface area (TPSA) is 28.2 Å². The van der Waals surface area contributed by atoms with Gasteiger partial charge in [-0.2, -0.15) is 0 Å². The number of pyridine rings is 1. The van der Waals surface area contributed by atoms with Crippen LogP contribution in [-0.4, -0.2) is 18.6 Å². The van der Waals surface area contributed by atoms with Crippen LogP contribution < -0.4 is 10.2 Å². The Hall–Kier alpha value is -1.87. The van der Waals surface area contributed by atoms with Crippen molar-refractivity contribution < 1.29 is 0 Å². The van der Waals surface area contributed by atoms with Gasteiger partial charge in [-0.3, -0.25) is 0 Å². The maximum Gasteiger partial charge on any atom is 0.133 e. The first-order valence-electron chi connectivity index (χ1n) is 6.28. The number of anilines is 2. The molecule has 2 aromatic rings. The highest BCUT2D eigenvalue weighted by Gasteiger charge is 2.08. The van der Waals surface area contributed by atoms with Crippen molar-refractivity contribution in [3.8, 4) is 0 Å². The van der Waals surface area contributed by atoms with Crippen LogP contribution in [-0.2, 0) is 6.54 Å². The van der Waals surface area contributed by atoms with Gasteiger partial charge < -0.3 is 10.2 Å². The maximum atomic E-state index is 4.67. The molecule has 0 saturated heterocycles. The molecule has 0 bridgehead atoms. The molecule has 0 amide bonds. The van der Waals surface area contributed by atoms with Crippen molar-refractivity contribution in [3.63, 3.8) is 0 Å². The molecule has 0 aliphatic carbocycles. The summed E-state index contributed by atoms with van der Waals surface area (Å²) in [4.78, 5) is 6.88. The van der Waals surface area contributed by atoms with Crippen LogP contribution in [0.15, 0.2) is 48.5 Å². The molecule has 1 aromatic carbocycles. The van der Waals surface area contributed by atoms with Crippen molar-refractivity contribution in [1.82, 2.24) is 10.3 Å². The molecule has 2 rings (SSSR count). The summed E-state index contributed by atoms with van der Waals surface area (Å²) in [6.07, 6.45) is 0. The molecule has 3 nitrogen and oxygen atoms in total. The average molecular weight is 241 g/mol. The minimum absolute atomic E-state index is 0.792. The number of para-hydroxylation sites is 1. The Morgan fingerprint density at radius 2 is 1.83 bits per heavy atom. The highest BCUT2D eigenvalue weighted by Crippen LogP contribution is 2.22. The zero-order valence-electron chi connectivity index (χ0n) is 10.9. The third-order valence-corrected chi connectivity index (χ3v) is 2.81. The molecule has 1 aromatic heterocycles. The molecule has 18 heavy (non-hydrogen) atoms. The molecule has 0 aliphatic heterocycles. The summed E-state index contributed by atoms with van der Waals surface area (Å²) in [5, 5.41) is 3.13. The summed E-state index contributed by atoms with van der Waals surface area (Å²) in [5.41, 5.74) is 2.23. The van der Waals surface area contributed by atoms with Gasteiger partial charge in [-0.05, 0) is 38.2 Å². The van der Waals surface area contributed by atoms with E-state index >= 15 is 0 Å². The minimum atomic E-state index is 0.792. The van der Waals surface area contributed by atoms with Gasteiger partial charge in [0.15, 0.2) is 0 Å². The summed E-state index contributed by atoms with van der Waals surface area (Å²) >= 11 is 0. The Balaban J connectivity index is 2.30. The van der Waals surface area contributed by atoms with Gasteiger partial charge in [0.25, 0.3) is 0 Å². The number of rotatable bonds is 5. The monoisotopic (exact) mass is 241 g/mol. The van der Waals surface area contributed by atoms with Crippen LogP contribution in [0.1, 0.15) is 12.6 Å². The lowest BCUT2D eigenvalue weighted by Crippen LogP contribution is -2.18. The molecular weight excluding hydrogens is 222 g/mol. The first-order valence-corrected chi connectivity index (χ1v) is 6.28. The lowest BCUT2D eigenvalue weighted by Gasteiger charge is -2.22. The molecule has 0 unspecified atom stereocenters. The molecule has 3 heteroatoms. The summed E-state index contributed by atoms with van der Waals surface area (Å²) in [6, 6.07) is 16.5. The van der Waals surface area contributed by atoms with Crippen molar-refractivity contribution in [1.29, 1.82) is 0 Å². The molecule has 0 aliphatic rings. The molecular formula is C15H19N3. The van der Waals surface area contributed by atoms with E-state index in [0.29, 0.717) is 0 Å². The first-order chi connectivity index (χ1) is 8.85. The van der Waals surface area contributed by atoms with Gasteiger partial charge in [-0.25, -0.2) is 4.98 Å². The second-order valence-electron chi connectivity index (χ2n) is 4.10. The normalized spacial score (nSPS) is 10.3. The van der Waals surface area contributed by atoms with Crippen LogP contribution >= 0.6 is 0 Å². The second-order valence-corrected chi connectivity index (χ2v) is 4.10. The smallest absolute Gasteiger partial charge is 0.133 e. The predicted molar refractivity (Wildman–Crippen MR) is 76.1 cm³/mol. The molecule has 0 saturated carbocycles. The summed E-state index contributed by atoms with van der Waals surface area (Å²) in [5.74, 6) is 0.997. The van der Waals surface area contributed by atoms with Crippen LogP contribution in [0.4, 0.5) is 11.5 Å². The van der Waals surface area contributed by atoms with Crippen LogP contribution in [0, 0.1) is 0 Å². The number of aromatic nitrogens is 1. The number of nitrogens with one attached hydrogen (secondary N) is 1. The van der Waals surface area contributed by atoms with E-state index in [9.17, 15) is 0 Å². The van der Waals surface area contributed by atoms with E-state index in [0.717, 1.165) is 24.6 Å². The lowest BCUT2D eigenvalue weighted by atomic mass is 10.2. The Bertz CT molecular complexity index is 482. The quantitative estimate of drug-likeness (QED) is 0.872. The zero-order valence-corrected chi connectivity index (χ0v) is 10.9. The molecule has 1 N–H and O–H groups in total. The van der Waals surface area contributed by atoms with Gasteiger partial charge in [0, 0.05) is 18.8 Å². The van der Waals surface area contributed by atoms with Gasteiger partial charge in [-0.15, -0.1) is 0 Å². The number of benzene rings is 1. The fourth-order valence-corrected chi connectivity index (χ4v) is 1.98. The second kappa shape index (κ2) is 6.17. The number of nitrogens with zero attached hydrogens (tertiary/aromatic N) is 2. The molecule has 0 fully saturated rings. The molecule has 0 atom stereocenters. The van der Waals surface area contributed by atoms with E-state index in [2.05, 4.69) is 58.5 Å². The Morgan fingerprint density at radius 3 is 2.50 bits per heavy atom. The van der Waals surface area contributed by atoms with E-state index in [1.807, 2.05) is 19.2 Å². The maximum absolute atomic E-state index is 4.67. The Labute approximate surface area is 108 Å². The van der Waals surface area contributed by atoms with Crippen molar-refractivity contribution in [2.45, 2.75) is 13.5 Å². The fraction of sp³-hybridized carbons (Fsp3) is 0.267. The third kappa shape index (κ3) is 2.87. The molecule has 0 spiro atoms. The third-order valence-electron chi connectivity index (χ3n) is 2.81. The van der Waals surface area contributed by atoms with Gasteiger partial charge in [0.1, 0.15) is 5.82 Å². The van der Waals surface area contributed by atoms with Crippen LogP contribution in [0.25, 0.3) is 0 Å². The van der Waals surface area contributed by atoms with Crippen molar-refractivity contribution in [2.75, 3.05) is 18.5 Å². The van der Waals surface area contributed by atoms with Crippen LogP contribution in [0.5, 0.6) is 0 Å². The van der Waals surface area contributed by atoms with Crippen LogP contribution in [0.3, 0.4) is 0 Å². The molecule has 94 valence electrons. The van der Waals surface area contributed by atoms with Gasteiger partial charge >= 0.3 is 0 Å². The van der Waals surface area contributed by atoms with E-state index in [-0.39, 0.29) is 0 Å². The highest BCUT2D eigenvalue weighted by atomic mass is 15.2. The van der Waals surface area contributed by atoms with E-state index < -0.39 is 0 Å². The summed E-state index contributed by atoms with van der Waals surface area (Å²) in [7, 11) is 1.93. The first kappa shape index (κ1) is 12.6. The van der Waals surface area contributed by atoms with Gasteiger partial charge in [0.2, 0.25) is 0 Å². The van der Waals surface area contributed by atoms with E-state index in [4.69, 9.17) is 0 Å². The zero-order chi connectivity index (χ0) is 12.8. The number of hydrogen-bond donors (Lipinski definition) is 1. The SMILES string of the molecule is CCN(c1ccccc1)c1cccc(CNC)n1. The minimum Gasteiger partial charge on any atom is -0.327 e. The summed E-state index contributed by atoms with van der Waals surface area (Å²) in [6.45, 7) is 3.83. The summed E-state index contributed by atoms with van der Waals surface area (Å²) < 4.78 is 0. The number of hydrogen-bond acceptors (Lipinski definition) is 3. The van der Waals surface area contributed by atoms with Crippen molar-refractivity contribution >= 4 is 11.5 Å². The van der Waals surface area contributed by atoms with Crippen molar-refractivity contribution in [2.24, 2.45) is 0 Å². The van der Waals surface area contributed by atoms with E-state index in [1.54, 1.807) is 0 Å². The predicted octanol–water partition coefficient (Wildman–Crippen LogP) is 2.96. The standard InChI is InChI=1S/C15H19N3/c1-3-18(14-9-5-4-6-10-14)15-11-7-8-13(17-15)12-16-2/h4-11,16H,3,12H2,1-2H3. The fourth-order valence-electron chi connectivity index (χ4n) is 1.98. The molecule has 0 radical (unpaired) electrons. The van der Waals surface area contributed by atoms with E-state index in [1.165, 1.54) is 5.69 Å². The Morgan fingerprint density at radius 1 is 1.06 bits per heavy atom. The average Bonchev–Trinajstić information content (AvgIpc) is 2.42. The molecule has 1 heterocycles. The van der Waals surface area contributed by atoms with Crippen LogP contribution in [0.2, 0.25) is 0 Å².